The Hall–Kier alpha value is -1.31. The molecule has 1 aromatic rings. The molecule has 0 saturated carbocycles. The molecule has 0 radical (unpaired) electrons. The van der Waals surface area contributed by atoms with Crippen LogP contribution in [0.15, 0.2) is 18.2 Å². The van der Waals surface area contributed by atoms with Crippen molar-refractivity contribution in [1.82, 2.24) is 5.32 Å². The number of hydrogen-bond acceptors (Lipinski definition) is 1. The van der Waals surface area contributed by atoms with Gasteiger partial charge in [-0.2, -0.15) is 0 Å². The van der Waals surface area contributed by atoms with Crippen LogP contribution in [0.5, 0.6) is 0 Å². The first-order chi connectivity index (χ1) is 7.95. The van der Waals surface area contributed by atoms with Gasteiger partial charge in [0.05, 0.1) is 0 Å². The lowest BCUT2D eigenvalue weighted by Gasteiger charge is -2.30. The van der Waals surface area contributed by atoms with Gasteiger partial charge in [0.1, 0.15) is 0 Å². The molecule has 2 rings (SSSR count). The molecule has 1 saturated heterocycles. The van der Waals surface area contributed by atoms with Gasteiger partial charge in [-0.25, -0.2) is 0 Å². The molecular formula is C15H21NO. The molecule has 1 amide bonds. The fourth-order valence-corrected chi connectivity index (χ4v) is 3.02. The molecule has 0 spiro atoms. The SMILES string of the molecule is CCC1NC(=O)CC1(C)c1cc(C)cc(C)c1. The van der Waals surface area contributed by atoms with E-state index in [4.69, 9.17) is 0 Å². The van der Waals surface area contributed by atoms with E-state index in [0.717, 1.165) is 6.42 Å². The molecule has 2 atom stereocenters. The summed E-state index contributed by atoms with van der Waals surface area (Å²) >= 11 is 0. The topological polar surface area (TPSA) is 29.1 Å². The van der Waals surface area contributed by atoms with Crippen LogP contribution in [-0.4, -0.2) is 11.9 Å². The lowest BCUT2D eigenvalue weighted by atomic mass is 9.74. The van der Waals surface area contributed by atoms with Crippen LogP contribution in [0.4, 0.5) is 0 Å². The Balaban J connectivity index is 2.46. The van der Waals surface area contributed by atoms with Crippen molar-refractivity contribution in [3.05, 3.63) is 34.9 Å². The number of carbonyl (C=O) groups excluding carboxylic acids is 1. The van der Waals surface area contributed by atoms with E-state index in [1.807, 2.05) is 0 Å². The standard InChI is InChI=1S/C15H21NO/c1-5-13-15(4,9-14(17)16-13)12-7-10(2)6-11(3)8-12/h6-8,13H,5,9H2,1-4H3,(H,16,17). The van der Waals surface area contributed by atoms with E-state index in [1.165, 1.54) is 16.7 Å². The van der Waals surface area contributed by atoms with Crippen molar-refractivity contribution in [2.75, 3.05) is 0 Å². The fraction of sp³-hybridized carbons (Fsp3) is 0.533. The maximum absolute atomic E-state index is 11.7. The molecule has 2 unspecified atom stereocenters. The highest BCUT2D eigenvalue weighted by Crippen LogP contribution is 2.37. The van der Waals surface area contributed by atoms with Crippen molar-refractivity contribution < 1.29 is 4.79 Å². The number of nitrogens with one attached hydrogen (secondary N) is 1. The van der Waals surface area contributed by atoms with Gasteiger partial charge in [0.25, 0.3) is 0 Å². The van der Waals surface area contributed by atoms with Gasteiger partial charge < -0.3 is 5.32 Å². The van der Waals surface area contributed by atoms with Crippen LogP contribution in [0.25, 0.3) is 0 Å². The van der Waals surface area contributed by atoms with Crippen molar-refractivity contribution in [2.24, 2.45) is 0 Å². The van der Waals surface area contributed by atoms with Gasteiger partial charge in [-0.15, -0.1) is 0 Å². The lowest BCUT2D eigenvalue weighted by Crippen LogP contribution is -2.37. The van der Waals surface area contributed by atoms with Crippen LogP contribution in [0, 0.1) is 13.8 Å². The highest BCUT2D eigenvalue weighted by Gasteiger charge is 2.43. The summed E-state index contributed by atoms with van der Waals surface area (Å²) in [4.78, 5) is 11.7. The maximum Gasteiger partial charge on any atom is 0.221 e. The zero-order chi connectivity index (χ0) is 12.6. The molecule has 0 bridgehead atoms. The summed E-state index contributed by atoms with van der Waals surface area (Å²) in [5.74, 6) is 0.179. The van der Waals surface area contributed by atoms with Crippen molar-refractivity contribution in [1.29, 1.82) is 0 Å². The number of amides is 1. The Morgan fingerprint density at radius 3 is 2.41 bits per heavy atom. The molecule has 0 aliphatic carbocycles. The summed E-state index contributed by atoms with van der Waals surface area (Å²) in [6, 6.07) is 6.88. The minimum atomic E-state index is -0.0530. The van der Waals surface area contributed by atoms with Gasteiger partial charge in [0.15, 0.2) is 0 Å². The van der Waals surface area contributed by atoms with E-state index >= 15 is 0 Å². The average Bonchev–Trinajstić information content (AvgIpc) is 2.53. The largest absolute Gasteiger partial charge is 0.352 e. The predicted molar refractivity (Wildman–Crippen MR) is 70.1 cm³/mol. The van der Waals surface area contributed by atoms with Crippen LogP contribution in [0.3, 0.4) is 0 Å². The molecule has 2 heteroatoms. The van der Waals surface area contributed by atoms with Crippen LogP contribution >= 0.6 is 0 Å². The minimum Gasteiger partial charge on any atom is -0.352 e. The Kier molecular flexibility index (Phi) is 2.98. The molecule has 1 fully saturated rings. The van der Waals surface area contributed by atoms with Gasteiger partial charge in [0.2, 0.25) is 5.91 Å². The smallest absolute Gasteiger partial charge is 0.221 e. The van der Waals surface area contributed by atoms with Gasteiger partial charge >= 0.3 is 0 Å². The summed E-state index contributed by atoms with van der Waals surface area (Å²) < 4.78 is 0. The molecule has 0 aromatic heterocycles. The lowest BCUT2D eigenvalue weighted by molar-refractivity contribution is -0.119. The summed E-state index contributed by atoms with van der Waals surface area (Å²) in [5.41, 5.74) is 3.79. The molecule has 1 aromatic carbocycles. The summed E-state index contributed by atoms with van der Waals surface area (Å²) in [6.45, 7) is 8.57. The van der Waals surface area contributed by atoms with E-state index in [2.05, 4.69) is 51.2 Å². The van der Waals surface area contributed by atoms with Crippen molar-refractivity contribution in [3.8, 4) is 0 Å². The second kappa shape index (κ2) is 4.17. The Morgan fingerprint density at radius 2 is 1.88 bits per heavy atom. The van der Waals surface area contributed by atoms with E-state index in [0.29, 0.717) is 6.42 Å². The molecule has 1 aliphatic heterocycles. The molecule has 2 nitrogen and oxygen atoms in total. The highest BCUT2D eigenvalue weighted by molar-refractivity contribution is 5.81. The molecule has 17 heavy (non-hydrogen) atoms. The van der Waals surface area contributed by atoms with Crippen LogP contribution in [0.1, 0.15) is 43.4 Å². The van der Waals surface area contributed by atoms with Crippen molar-refractivity contribution in [3.63, 3.8) is 0 Å². The quantitative estimate of drug-likeness (QED) is 0.833. The van der Waals surface area contributed by atoms with Gasteiger partial charge in [0, 0.05) is 17.9 Å². The number of aryl methyl sites for hydroxylation is 2. The normalized spacial score (nSPS) is 28.2. The van der Waals surface area contributed by atoms with Crippen LogP contribution < -0.4 is 5.32 Å². The predicted octanol–water partition coefficient (Wildman–Crippen LogP) is 2.86. The third kappa shape index (κ3) is 2.08. The average molecular weight is 231 g/mol. The number of benzene rings is 1. The minimum absolute atomic E-state index is 0.0530. The molecule has 1 N–H and O–H groups in total. The highest BCUT2D eigenvalue weighted by atomic mass is 16.2. The second-order valence-electron chi connectivity index (χ2n) is 5.50. The first kappa shape index (κ1) is 12.2. The summed E-state index contributed by atoms with van der Waals surface area (Å²) in [7, 11) is 0. The summed E-state index contributed by atoms with van der Waals surface area (Å²) in [6.07, 6.45) is 1.59. The molecule has 1 aliphatic rings. The molecular weight excluding hydrogens is 210 g/mol. The third-order valence-electron chi connectivity index (χ3n) is 3.92. The maximum atomic E-state index is 11.7. The van der Waals surface area contributed by atoms with Gasteiger partial charge in [-0.1, -0.05) is 43.2 Å². The van der Waals surface area contributed by atoms with E-state index in [1.54, 1.807) is 0 Å². The number of carbonyl (C=O) groups is 1. The van der Waals surface area contributed by atoms with E-state index in [-0.39, 0.29) is 17.4 Å². The fourth-order valence-electron chi connectivity index (χ4n) is 3.02. The third-order valence-corrected chi connectivity index (χ3v) is 3.92. The second-order valence-corrected chi connectivity index (χ2v) is 5.50. The van der Waals surface area contributed by atoms with E-state index in [9.17, 15) is 4.79 Å². The van der Waals surface area contributed by atoms with E-state index < -0.39 is 0 Å². The Bertz CT molecular complexity index is 432. The van der Waals surface area contributed by atoms with Crippen LogP contribution in [-0.2, 0) is 10.2 Å². The summed E-state index contributed by atoms with van der Waals surface area (Å²) in [5, 5.41) is 3.09. The Labute approximate surface area is 103 Å². The van der Waals surface area contributed by atoms with Gasteiger partial charge in [-0.05, 0) is 25.8 Å². The number of hydrogen-bond donors (Lipinski definition) is 1. The van der Waals surface area contributed by atoms with Crippen molar-refractivity contribution >= 4 is 5.91 Å². The number of rotatable bonds is 2. The zero-order valence-electron chi connectivity index (χ0n) is 11.1. The first-order valence-electron chi connectivity index (χ1n) is 6.34. The molecule has 92 valence electrons. The molecule has 1 heterocycles. The van der Waals surface area contributed by atoms with Gasteiger partial charge in [-0.3, -0.25) is 4.79 Å². The monoisotopic (exact) mass is 231 g/mol. The zero-order valence-corrected chi connectivity index (χ0v) is 11.1. The van der Waals surface area contributed by atoms with Crippen LogP contribution in [0.2, 0.25) is 0 Å². The Morgan fingerprint density at radius 1 is 1.29 bits per heavy atom. The van der Waals surface area contributed by atoms with Crippen molar-refractivity contribution in [2.45, 2.75) is 52.0 Å². The first-order valence-corrected chi connectivity index (χ1v) is 6.34.